The number of carbonyl (C=O) groups excluding carboxylic acids is 1. The standard InChI is InChI=1S/C13H10N2O/c16-13-10-6-3-4-7-11(10)14-12-8-2-1-5-9-15(12)13/h1-9,14H. The first-order chi connectivity index (χ1) is 7.86. The van der Waals surface area contributed by atoms with E-state index < -0.39 is 0 Å². The Kier molecular flexibility index (Phi) is 1.90. The Morgan fingerprint density at radius 2 is 1.94 bits per heavy atom. The highest BCUT2D eigenvalue weighted by Crippen LogP contribution is 2.27. The fourth-order valence-electron chi connectivity index (χ4n) is 1.83. The van der Waals surface area contributed by atoms with Gasteiger partial charge in [-0.3, -0.25) is 9.69 Å². The second-order valence-corrected chi connectivity index (χ2v) is 3.62. The molecule has 3 nitrogen and oxygen atoms in total. The van der Waals surface area contributed by atoms with Crippen molar-refractivity contribution in [1.29, 1.82) is 0 Å². The minimum Gasteiger partial charge on any atom is -0.341 e. The Labute approximate surface area is 93.4 Å². The van der Waals surface area contributed by atoms with Crippen LogP contribution in [0.4, 0.5) is 5.69 Å². The molecule has 2 aliphatic rings. The van der Waals surface area contributed by atoms with Gasteiger partial charge in [0.2, 0.25) is 0 Å². The van der Waals surface area contributed by atoms with E-state index in [2.05, 4.69) is 5.32 Å². The molecular formula is C13H10N2O. The quantitative estimate of drug-likeness (QED) is 0.713. The Bertz CT molecular complexity index is 541. The van der Waals surface area contributed by atoms with Gasteiger partial charge in [-0.15, -0.1) is 0 Å². The molecule has 16 heavy (non-hydrogen) atoms. The van der Waals surface area contributed by atoms with E-state index in [1.54, 1.807) is 11.1 Å². The van der Waals surface area contributed by atoms with Crippen molar-refractivity contribution in [2.24, 2.45) is 0 Å². The number of rotatable bonds is 0. The molecule has 0 spiro atoms. The largest absolute Gasteiger partial charge is 0.341 e. The number of allylic oxidation sites excluding steroid dienone is 4. The number of para-hydroxylation sites is 1. The molecule has 0 bridgehead atoms. The fourth-order valence-corrected chi connectivity index (χ4v) is 1.83. The van der Waals surface area contributed by atoms with Crippen molar-refractivity contribution < 1.29 is 4.79 Å². The minimum absolute atomic E-state index is 0.000509. The average Bonchev–Trinajstić information content (AvgIpc) is 2.55. The lowest BCUT2D eigenvalue weighted by atomic mass is 10.1. The summed E-state index contributed by atoms with van der Waals surface area (Å²) in [7, 11) is 0. The second kappa shape index (κ2) is 3.38. The normalized spacial score (nSPS) is 17.1. The van der Waals surface area contributed by atoms with Crippen LogP contribution in [-0.2, 0) is 0 Å². The molecule has 0 aromatic heterocycles. The van der Waals surface area contributed by atoms with Crippen molar-refractivity contribution in [3.05, 3.63) is 66.2 Å². The molecule has 3 rings (SSSR count). The summed E-state index contributed by atoms with van der Waals surface area (Å²) in [5.41, 5.74) is 1.56. The maximum absolute atomic E-state index is 12.2. The molecule has 1 amide bonds. The number of amides is 1. The molecule has 0 atom stereocenters. The maximum atomic E-state index is 12.2. The van der Waals surface area contributed by atoms with Crippen molar-refractivity contribution >= 4 is 11.6 Å². The number of nitrogens with zero attached hydrogens (tertiary/aromatic N) is 1. The van der Waals surface area contributed by atoms with Crippen LogP contribution >= 0.6 is 0 Å². The second-order valence-electron chi connectivity index (χ2n) is 3.62. The highest BCUT2D eigenvalue weighted by Gasteiger charge is 2.25. The highest BCUT2D eigenvalue weighted by molar-refractivity contribution is 6.03. The molecule has 78 valence electrons. The number of benzene rings is 1. The fraction of sp³-hybridized carbons (Fsp3) is 0. The Hall–Kier alpha value is -2.29. The van der Waals surface area contributed by atoms with Gasteiger partial charge in [0, 0.05) is 6.20 Å². The van der Waals surface area contributed by atoms with E-state index in [0.29, 0.717) is 5.56 Å². The molecule has 0 unspecified atom stereocenters. The summed E-state index contributed by atoms with van der Waals surface area (Å²) in [6.07, 6.45) is 9.29. The third-order valence-electron chi connectivity index (χ3n) is 2.61. The number of fused-ring (bicyclic) bond motifs is 2. The Morgan fingerprint density at radius 3 is 2.88 bits per heavy atom. The predicted molar refractivity (Wildman–Crippen MR) is 62.6 cm³/mol. The van der Waals surface area contributed by atoms with Crippen molar-refractivity contribution in [2.75, 3.05) is 5.32 Å². The molecule has 0 radical (unpaired) electrons. The third-order valence-corrected chi connectivity index (χ3v) is 2.61. The SMILES string of the molecule is O=C1c2ccccc2NC2=CC=CC=CN12. The lowest BCUT2D eigenvalue weighted by molar-refractivity contribution is 0.0854. The summed E-state index contributed by atoms with van der Waals surface area (Å²) in [6, 6.07) is 7.52. The summed E-state index contributed by atoms with van der Waals surface area (Å²) in [4.78, 5) is 13.8. The zero-order valence-corrected chi connectivity index (χ0v) is 8.55. The van der Waals surface area contributed by atoms with Gasteiger partial charge in [-0.1, -0.05) is 24.3 Å². The van der Waals surface area contributed by atoms with E-state index >= 15 is 0 Å². The van der Waals surface area contributed by atoms with Crippen LogP contribution in [0.25, 0.3) is 0 Å². The number of hydrogen-bond donors (Lipinski definition) is 1. The minimum atomic E-state index is 0.000509. The van der Waals surface area contributed by atoms with Crippen molar-refractivity contribution in [1.82, 2.24) is 4.90 Å². The summed E-state index contributed by atoms with van der Waals surface area (Å²) in [5, 5.41) is 3.23. The van der Waals surface area contributed by atoms with Gasteiger partial charge >= 0.3 is 0 Å². The summed E-state index contributed by atoms with van der Waals surface area (Å²) >= 11 is 0. The number of anilines is 1. The van der Waals surface area contributed by atoms with Crippen LogP contribution in [0.2, 0.25) is 0 Å². The first-order valence-corrected chi connectivity index (χ1v) is 5.11. The van der Waals surface area contributed by atoms with Crippen molar-refractivity contribution in [3.63, 3.8) is 0 Å². The lowest BCUT2D eigenvalue weighted by Gasteiger charge is -2.28. The van der Waals surface area contributed by atoms with Crippen LogP contribution in [0.15, 0.2) is 60.6 Å². The molecule has 1 aromatic rings. The molecular weight excluding hydrogens is 200 g/mol. The number of hydrogen-bond acceptors (Lipinski definition) is 2. The van der Waals surface area contributed by atoms with Gasteiger partial charge in [0.1, 0.15) is 5.82 Å². The molecule has 2 heterocycles. The maximum Gasteiger partial charge on any atom is 0.265 e. The van der Waals surface area contributed by atoms with Crippen LogP contribution in [0.5, 0.6) is 0 Å². The number of carbonyl (C=O) groups is 1. The van der Waals surface area contributed by atoms with Gasteiger partial charge in [0.15, 0.2) is 0 Å². The third kappa shape index (κ3) is 1.26. The number of nitrogens with one attached hydrogen (secondary N) is 1. The summed E-state index contributed by atoms with van der Waals surface area (Å²) in [5.74, 6) is 0.786. The van der Waals surface area contributed by atoms with E-state index in [4.69, 9.17) is 0 Å². The molecule has 0 saturated carbocycles. The zero-order chi connectivity index (χ0) is 11.0. The van der Waals surface area contributed by atoms with E-state index in [1.165, 1.54) is 0 Å². The van der Waals surface area contributed by atoms with E-state index in [0.717, 1.165) is 11.5 Å². The predicted octanol–water partition coefficient (Wildman–Crippen LogP) is 2.48. The van der Waals surface area contributed by atoms with Gasteiger partial charge in [-0.2, -0.15) is 0 Å². The van der Waals surface area contributed by atoms with Gasteiger partial charge < -0.3 is 5.32 Å². The first-order valence-electron chi connectivity index (χ1n) is 5.11. The Morgan fingerprint density at radius 1 is 1.06 bits per heavy atom. The first kappa shape index (κ1) is 8.97. The van der Waals surface area contributed by atoms with Crippen molar-refractivity contribution in [2.45, 2.75) is 0 Å². The van der Waals surface area contributed by atoms with Crippen LogP contribution in [0.3, 0.4) is 0 Å². The van der Waals surface area contributed by atoms with Gasteiger partial charge in [-0.25, -0.2) is 0 Å². The zero-order valence-electron chi connectivity index (χ0n) is 8.55. The topological polar surface area (TPSA) is 32.3 Å². The Balaban J connectivity index is 2.15. The summed E-state index contributed by atoms with van der Waals surface area (Å²) < 4.78 is 0. The van der Waals surface area contributed by atoms with E-state index in [-0.39, 0.29) is 5.91 Å². The van der Waals surface area contributed by atoms with E-state index in [9.17, 15) is 4.79 Å². The smallest absolute Gasteiger partial charge is 0.265 e. The molecule has 3 heteroatoms. The molecule has 0 saturated heterocycles. The van der Waals surface area contributed by atoms with Gasteiger partial charge in [-0.05, 0) is 24.3 Å². The van der Waals surface area contributed by atoms with Crippen LogP contribution in [-0.4, -0.2) is 10.8 Å². The monoisotopic (exact) mass is 210 g/mol. The van der Waals surface area contributed by atoms with Crippen LogP contribution < -0.4 is 5.32 Å². The van der Waals surface area contributed by atoms with Crippen LogP contribution in [0, 0.1) is 0 Å². The lowest BCUT2D eigenvalue weighted by Crippen LogP contribution is -2.33. The highest BCUT2D eigenvalue weighted by atomic mass is 16.2. The molecule has 0 fully saturated rings. The van der Waals surface area contributed by atoms with E-state index in [1.807, 2.05) is 48.6 Å². The average molecular weight is 210 g/mol. The molecule has 1 aromatic carbocycles. The summed E-state index contributed by atoms with van der Waals surface area (Å²) in [6.45, 7) is 0. The van der Waals surface area contributed by atoms with Gasteiger partial charge in [0.05, 0.1) is 11.3 Å². The molecule has 1 N–H and O–H groups in total. The van der Waals surface area contributed by atoms with Crippen molar-refractivity contribution in [3.8, 4) is 0 Å². The molecule has 0 aliphatic carbocycles. The molecule has 2 aliphatic heterocycles. The van der Waals surface area contributed by atoms with Gasteiger partial charge in [0.25, 0.3) is 5.91 Å². The van der Waals surface area contributed by atoms with Crippen LogP contribution in [0.1, 0.15) is 10.4 Å².